The number of nitrogens with zero attached hydrogens (tertiary/aromatic N) is 4. The summed E-state index contributed by atoms with van der Waals surface area (Å²) in [5, 5.41) is 3.00. The Morgan fingerprint density at radius 3 is 2.48 bits per heavy atom. The molecule has 31 heavy (non-hydrogen) atoms. The highest BCUT2D eigenvalue weighted by atomic mass is 16.2. The fraction of sp³-hybridized carbons (Fsp3) is 0.240. The number of anilines is 2. The molecule has 2 aromatic carbocycles. The number of para-hydroxylation sites is 1. The van der Waals surface area contributed by atoms with Crippen molar-refractivity contribution in [1.82, 2.24) is 14.9 Å². The first-order chi connectivity index (χ1) is 15.2. The van der Waals surface area contributed by atoms with Crippen LogP contribution in [0.2, 0.25) is 0 Å². The molecule has 0 unspecified atom stereocenters. The van der Waals surface area contributed by atoms with Crippen LogP contribution in [-0.4, -0.2) is 46.6 Å². The predicted molar refractivity (Wildman–Crippen MR) is 124 cm³/mol. The molecule has 3 aromatic rings. The first kappa shape index (κ1) is 19.3. The zero-order valence-corrected chi connectivity index (χ0v) is 17.5. The molecule has 2 amide bonds. The summed E-state index contributed by atoms with van der Waals surface area (Å²) in [6.45, 7) is 4.21. The molecule has 0 spiro atoms. The number of hydrogen-bond donors (Lipinski definition) is 1. The van der Waals surface area contributed by atoms with Crippen molar-refractivity contribution in [3.63, 3.8) is 0 Å². The topological polar surface area (TPSA) is 61.4 Å². The summed E-state index contributed by atoms with van der Waals surface area (Å²) in [5.41, 5.74) is 5.49. The average molecular weight is 412 g/mol. The highest BCUT2D eigenvalue weighted by Crippen LogP contribution is 2.35. The summed E-state index contributed by atoms with van der Waals surface area (Å²) in [6.07, 6.45) is 4.71. The Morgan fingerprint density at radius 1 is 1.00 bits per heavy atom. The molecule has 1 N–H and O–H groups in total. The van der Waals surface area contributed by atoms with Gasteiger partial charge in [-0.05, 0) is 36.3 Å². The summed E-state index contributed by atoms with van der Waals surface area (Å²) >= 11 is 0. The van der Waals surface area contributed by atoms with E-state index in [1.807, 2.05) is 41.3 Å². The summed E-state index contributed by atoms with van der Waals surface area (Å²) in [6, 6.07) is 20.0. The van der Waals surface area contributed by atoms with Crippen LogP contribution >= 0.6 is 0 Å². The number of amides is 2. The molecule has 2 heterocycles. The van der Waals surface area contributed by atoms with Gasteiger partial charge in [-0.25, -0.2) is 14.8 Å². The second kappa shape index (κ2) is 8.22. The lowest BCUT2D eigenvalue weighted by Crippen LogP contribution is -2.55. The van der Waals surface area contributed by atoms with Crippen molar-refractivity contribution in [2.24, 2.45) is 0 Å². The number of rotatable bonds is 3. The Kier molecular flexibility index (Phi) is 5.12. The Balaban J connectivity index is 1.32. The molecule has 1 atom stereocenters. The zero-order chi connectivity index (χ0) is 21.2. The minimum atomic E-state index is -0.0578. The van der Waals surface area contributed by atoms with Crippen molar-refractivity contribution in [3.8, 4) is 0 Å². The summed E-state index contributed by atoms with van der Waals surface area (Å²) in [5.74, 6) is 0.964. The van der Waals surface area contributed by atoms with Gasteiger partial charge in [0.15, 0.2) is 0 Å². The molecular formula is C25H25N5O. The molecular weight excluding hydrogens is 386 g/mol. The number of nitrogens with one attached hydrogen (secondary N) is 1. The van der Waals surface area contributed by atoms with Crippen LogP contribution in [0, 0.1) is 0 Å². The van der Waals surface area contributed by atoms with E-state index in [2.05, 4.69) is 57.4 Å². The fourth-order valence-corrected chi connectivity index (χ4v) is 4.37. The van der Waals surface area contributed by atoms with Crippen LogP contribution in [0.4, 0.5) is 16.3 Å². The van der Waals surface area contributed by atoms with Gasteiger partial charge in [0.25, 0.3) is 0 Å². The molecule has 0 bridgehead atoms. The van der Waals surface area contributed by atoms with E-state index in [1.54, 1.807) is 6.33 Å². The van der Waals surface area contributed by atoms with Crippen LogP contribution in [0.25, 0.3) is 11.6 Å². The fourth-order valence-electron chi connectivity index (χ4n) is 4.37. The van der Waals surface area contributed by atoms with E-state index in [-0.39, 0.29) is 12.1 Å². The van der Waals surface area contributed by atoms with Gasteiger partial charge in [-0.15, -0.1) is 0 Å². The van der Waals surface area contributed by atoms with E-state index in [4.69, 9.17) is 0 Å². The molecule has 5 rings (SSSR count). The smallest absolute Gasteiger partial charge is 0.322 e. The monoisotopic (exact) mass is 411 g/mol. The summed E-state index contributed by atoms with van der Waals surface area (Å²) in [4.78, 5) is 26.1. The highest BCUT2D eigenvalue weighted by Gasteiger charge is 2.30. The third kappa shape index (κ3) is 3.89. The Morgan fingerprint density at radius 2 is 1.74 bits per heavy atom. The minimum Gasteiger partial charge on any atom is -0.352 e. The molecule has 1 saturated heterocycles. The number of allylic oxidation sites excluding steroid dienone is 1. The van der Waals surface area contributed by atoms with E-state index in [9.17, 15) is 4.79 Å². The number of hydrogen-bond acceptors (Lipinski definition) is 4. The minimum absolute atomic E-state index is 0.0578. The number of fused-ring (bicyclic) bond motifs is 1. The van der Waals surface area contributed by atoms with Crippen molar-refractivity contribution >= 4 is 29.2 Å². The first-order valence-corrected chi connectivity index (χ1v) is 10.7. The molecule has 1 aromatic heterocycles. The number of benzene rings is 2. The molecule has 0 saturated carbocycles. The third-order valence-electron chi connectivity index (χ3n) is 5.98. The molecule has 6 nitrogen and oxygen atoms in total. The quantitative estimate of drug-likeness (QED) is 0.697. The SMILES string of the molecule is C[C@@H]1CN(c2ncnc3c2C=C(c2ccccc2)C3)CCN1C(=O)Nc1ccccc1. The van der Waals surface area contributed by atoms with Gasteiger partial charge in [0.2, 0.25) is 0 Å². The maximum absolute atomic E-state index is 12.8. The predicted octanol–water partition coefficient (Wildman–Crippen LogP) is 4.32. The lowest BCUT2D eigenvalue weighted by Gasteiger charge is -2.40. The second-order valence-corrected chi connectivity index (χ2v) is 8.05. The van der Waals surface area contributed by atoms with Crippen LogP contribution in [0.15, 0.2) is 67.0 Å². The van der Waals surface area contributed by atoms with E-state index in [1.165, 1.54) is 11.1 Å². The van der Waals surface area contributed by atoms with Crippen LogP contribution < -0.4 is 10.2 Å². The van der Waals surface area contributed by atoms with Gasteiger partial charge >= 0.3 is 6.03 Å². The molecule has 0 radical (unpaired) electrons. The number of carbonyl (C=O) groups is 1. The van der Waals surface area contributed by atoms with Gasteiger partial charge in [-0.2, -0.15) is 0 Å². The number of piperazine rings is 1. The van der Waals surface area contributed by atoms with E-state index < -0.39 is 0 Å². The zero-order valence-electron chi connectivity index (χ0n) is 17.5. The maximum Gasteiger partial charge on any atom is 0.322 e. The lowest BCUT2D eigenvalue weighted by atomic mass is 10.1. The van der Waals surface area contributed by atoms with E-state index in [0.717, 1.165) is 42.3 Å². The van der Waals surface area contributed by atoms with Gasteiger partial charge in [0.05, 0.1) is 5.69 Å². The van der Waals surface area contributed by atoms with Crippen molar-refractivity contribution < 1.29 is 4.79 Å². The van der Waals surface area contributed by atoms with Crippen LogP contribution in [0.1, 0.15) is 23.7 Å². The number of aromatic nitrogens is 2. The second-order valence-electron chi connectivity index (χ2n) is 8.05. The number of carbonyl (C=O) groups excluding carboxylic acids is 1. The van der Waals surface area contributed by atoms with Crippen molar-refractivity contribution in [3.05, 3.63) is 83.8 Å². The molecule has 1 aliphatic heterocycles. The molecule has 1 aliphatic carbocycles. The third-order valence-corrected chi connectivity index (χ3v) is 5.98. The molecule has 6 heteroatoms. The molecule has 156 valence electrons. The number of urea groups is 1. The van der Waals surface area contributed by atoms with Crippen LogP contribution in [-0.2, 0) is 6.42 Å². The Labute approximate surface area is 182 Å². The van der Waals surface area contributed by atoms with E-state index in [0.29, 0.717) is 6.54 Å². The first-order valence-electron chi connectivity index (χ1n) is 10.7. The van der Waals surface area contributed by atoms with E-state index >= 15 is 0 Å². The van der Waals surface area contributed by atoms with Gasteiger partial charge in [0.1, 0.15) is 12.1 Å². The Hall–Kier alpha value is -3.67. The standard InChI is InChI=1S/C25H25N5O/c1-18-16-29(12-13-30(18)25(31)28-21-10-6-3-7-11-21)24-22-14-20(15-23(22)26-17-27-24)19-8-4-2-5-9-19/h2-11,14,17-18H,12-13,15-16H2,1H3,(H,28,31)/t18-/m1/s1. The lowest BCUT2D eigenvalue weighted by molar-refractivity contribution is 0.184. The molecule has 1 fully saturated rings. The largest absolute Gasteiger partial charge is 0.352 e. The van der Waals surface area contributed by atoms with Crippen molar-refractivity contribution in [2.45, 2.75) is 19.4 Å². The summed E-state index contributed by atoms with van der Waals surface area (Å²) < 4.78 is 0. The Bertz CT molecular complexity index is 1110. The summed E-state index contributed by atoms with van der Waals surface area (Å²) in [7, 11) is 0. The highest BCUT2D eigenvalue weighted by molar-refractivity contribution is 5.91. The molecule has 2 aliphatic rings. The van der Waals surface area contributed by atoms with Crippen LogP contribution in [0.3, 0.4) is 0 Å². The van der Waals surface area contributed by atoms with Crippen LogP contribution in [0.5, 0.6) is 0 Å². The van der Waals surface area contributed by atoms with Gasteiger partial charge < -0.3 is 15.1 Å². The van der Waals surface area contributed by atoms with Gasteiger partial charge in [-0.1, -0.05) is 48.5 Å². The maximum atomic E-state index is 12.8. The average Bonchev–Trinajstić information content (AvgIpc) is 3.25. The van der Waals surface area contributed by atoms with Gasteiger partial charge in [0, 0.05) is 43.3 Å². The van der Waals surface area contributed by atoms with Crippen molar-refractivity contribution in [1.29, 1.82) is 0 Å². The van der Waals surface area contributed by atoms with Crippen molar-refractivity contribution in [2.75, 3.05) is 29.9 Å². The normalized spacial score (nSPS) is 17.8. The van der Waals surface area contributed by atoms with Gasteiger partial charge in [-0.3, -0.25) is 0 Å².